The van der Waals surface area contributed by atoms with Crippen molar-refractivity contribution in [1.82, 2.24) is 9.62 Å². The normalized spacial score (nSPS) is 25.6. The summed E-state index contributed by atoms with van der Waals surface area (Å²) in [5.74, 6) is -0.363. The van der Waals surface area contributed by atoms with Crippen molar-refractivity contribution in [2.24, 2.45) is 0 Å². The summed E-state index contributed by atoms with van der Waals surface area (Å²) >= 11 is 0. The molecule has 23 heavy (non-hydrogen) atoms. The van der Waals surface area contributed by atoms with Crippen molar-refractivity contribution in [3.63, 3.8) is 0 Å². The summed E-state index contributed by atoms with van der Waals surface area (Å²) in [6.45, 7) is 2.84. The van der Waals surface area contributed by atoms with E-state index >= 15 is 0 Å². The Morgan fingerprint density at radius 3 is 2.70 bits per heavy atom. The van der Waals surface area contributed by atoms with Gasteiger partial charge in [0.25, 0.3) is 5.69 Å². The van der Waals surface area contributed by atoms with Gasteiger partial charge in [-0.25, -0.2) is 13.1 Å². The highest BCUT2D eigenvalue weighted by Crippen LogP contribution is 2.33. The van der Waals surface area contributed by atoms with Crippen LogP contribution < -0.4 is 4.72 Å². The van der Waals surface area contributed by atoms with E-state index in [9.17, 15) is 18.5 Å². The molecule has 126 valence electrons. The van der Waals surface area contributed by atoms with Crippen LogP contribution in [-0.4, -0.2) is 42.9 Å². The van der Waals surface area contributed by atoms with Gasteiger partial charge in [-0.3, -0.25) is 15.0 Å². The van der Waals surface area contributed by atoms with E-state index in [0.29, 0.717) is 12.1 Å². The minimum absolute atomic E-state index is 0.113. The lowest BCUT2D eigenvalue weighted by molar-refractivity contribution is -0.385. The molecule has 2 aliphatic rings. The van der Waals surface area contributed by atoms with Gasteiger partial charge < -0.3 is 0 Å². The number of hydrogen-bond donors (Lipinski definition) is 1. The summed E-state index contributed by atoms with van der Waals surface area (Å²) in [5.41, 5.74) is 0.0624. The lowest BCUT2D eigenvalue weighted by atomic mass is 10.2. The molecule has 0 aromatic heterocycles. The Kier molecular flexibility index (Phi) is 4.39. The van der Waals surface area contributed by atoms with Gasteiger partial charge in [-0.15, -0.1) is 0 Å². The van der Waals surface area contributed by atoms with Crippen LogP contribution in [0.2, 0.25) is 0 Å². The number of nitrogens with one attached hydrogen (secondary N) is 1. The van der Waals surface area contributed by atoms with E-state index in [1.165, 1.54) is 31.0 Å². The minimum atomic E-state index is -3.61. The molecule has 0 spiro atoms. The minimum Gasteiger partial charge on any atom is -0.296 e. The molecule has 1 saturated heterocycles. The number of rotatable bonds is 6. The van der Waals surface area contributed by atoms with E-state index in [0.717, 1.165) is 13.0 Å². The van der Waals surface area contributed by atoms with Crippen LogP contribution in [0.4, 0.5) is 5.69 Å². The highest BCUT2D eigenvalue weighted by atomic mass is 32.2. The molecule has 0 amide bonds. The molecule has 1 saturated carbocycles. The Balaban J connectivity index is 1.67. The van der Waals surface area contributed by atoms with Crippen LogP contribution in [0, 0.1) is 10.1 Å². The van der Waals surface area contributed by atoms with Gasteiger partial charge in [-0.1, -0.05) is 18.2 Å². The zero-order valence-corrected chi connectivity index (χ0v) is 13.8. The summed E-state index contributed by atoms with van der Waals surface area (Å²) in [5, 5.41) is 11.0. The predicted octanol–water partition coefficient (Wildman–Crippen LogP) is 1.64. The summed E-state index contributed by atoms with van der Waals surface area (Å²) in [7, 11) is -3.61. The lowest BCUT2D eigenvalue weighted by Gasteiger charge is -2.19. The molecule has 1 aromatic rings. The fraction of sp³-hybridized carbons (Fsp3) is 0.600. The van der Waals surface area contributed by atoms with Crippen molar-refractivity contribution in [3.05, 3.63) is 39.9 Å². The smallest absolute Gasteiger partial charge is 0.273 e. The number of likely N-dealkylation sites (tertiary alicyclic amines) is 1. The zero-order valence-electron chi connectivity index (χ0n) is 13.0. The first-order valence-corrected chi connectivity index (χ1v) is 9.49. The van der Waals surface area contributed by atoms with Crippen LogP contribution in [0.5, 0.6) is 0 Å². The number of para-hydroxylation sites is 1. The van der Waals surface area contributed by atoms with Crippen molar-refractivity contribution < 1.29 is 13.3 Å². The van der Waals surface area contributed by atoms with Gasteiger partial charge in [-0.2, -0.15) is 0 Å². The first kappa shape index (κ1) is 16.4. The number of nitro benzene ring substituents is 1. The SMILES string of the molecule is C[C@H]1C[C@H](NS(=O)(=O)Cc2ccccc2[N+](=O)[O-])CN1C1CC1. The Morgan fingerprint density at radius 1 is 1.35 bits per heavy atom. The Morgan fingerprint density at radius 2 is 2.04 bits per heavy atom. The van der Waals surface area contributed by atoms with Crippen LogP contribution in [-0.2, 0) is 15.8 Å². The number of sulfonamides is 1. The van der Waals surface area contributed by atoms with Crippen LogP contribution in [0.15, 0.2) is 24.3 Å². The average Bonchev–Trinajstić information content (AvgIpc) is 3.23. The zero-order chi connectivity index (χ0) is 16.6. The highest BCUT2D eigenvalue weighted by Gasteiger charge is 2.39. The Labute approximate surface area is 135 Å². The fourth-order valence-corrected chi connectivity index (χ4v) is 4.78. The Hall–Kier alpha value is -1.51. The van der Waals surface area contributed by atoms with E-state index < -0.39 is 14.9 Å². The van der Waals surface area contributed by atoms with Crippen molar-refractivity contribution in [2.45, 2.75) is 50.1 Å². The van der Waals surface area contributed by atoms with E-state index in [4.69, 9.17) is 0 Å². The van der Waals surface area contributed by atoms with Crippen molar-refractivity contribution in [1.29, 1.82) is 0 Å². The molecule has 1 aromatic carbocycles. The maximum absolute atomic E-state index is 12.4. The van der Waals surface area contributed by atoms with Crippen molar-refractivity contribution in [2.75, 3.05) is 6.54 Å². The molecule has 1 heterocycles. The quantitative estimate of drug-likeness (QED) is 0.628. The van der Waals surface area contributed by atoms with E-state index in [2.05, 4.69) is 16.5 Å². The molecule has 0 bridgehead atoms. The third kappa shape index (κ3) is 3.88. The molecule has 2 atom stereocenters. The third-order valence-electron chi connectivity index (χ3n) is 4.52. The maximum atomic E-state index is 12.4. The number of hydrogen-bond acceptors (Lipinski definition) is 5. The second-order valence-corrected chi connectivity index (χ2v) is 8.23. The largest absolute Gasteiger partial charge is 0.296 e. The molecule has 2 fully saturated rings. The predicted molar refractivity (Wildman–Crippen MR) is 86.5 cm³/mol. The van der Waals surface area contributed by atoms with Crippen molar-refractivity contribution >= 4 is 15.7 Å². The van der Waals surface area contributed by atoms with Gasteiger partial charge >= 0.3 is 0 Å². The monoisotopic (exact) mass is 339 g/mol. The third-order valence-corrected chi connectivity index (χ3v) is 5.90. The fourth-order valence-electron chi connectivity index (χ4n) is 3.37. The molecule has 7 nitrogen and oxygen atoms in total. The molecular weight excluding hydrogens is 318 g/mol. The van der Waals surface area contributed by atoms with Gasteiger partial charge in [0.1, 0.15) is 0 Å². The first-order valence-electron chi connectivity index (χ1n) is 7.84. The summed E-state index contributed by atoms with van der Waals surface area (Å²) < 4.78 is 27.5. The van der Waals surface area contributed by atoms with Crippen LogP contribution in [0.1, 0.15) is 31.7 Å². The average molecular weight is 339 g/mol. The molecule has 1 aliphatic heterocycles. The van der Waals surface area contributed by atoms with Gasteiger partial charge in [0.2, 0.25) is 10.0 Å². The van der Waals surface area contributed by atoms with E-state index in [1.807, 2.05) is 0 Å². The van der Waals surface area contributed by atoms with E-state index in [-0.39, 0.29) is 23.0 Å². The standard InChI is InChI=1S/C15H21N3O4S/c1-11-8-13(9-17(11)14-6-7-14)16-23(21,22)10-12-4-2-3-5-15(12)18(19)20/h2-5,11,13-14,16H,6-10H2,1H3/t11-,13-/m0/s1. The molecule has 1 aliphatic carbocycles. The molecule has 0 radical (unpaired) electrons. The van der Waals surface area contributed by atoms with Gasteiger partial charge in [0, 0.05) is 36.3 Å². The lowest BCUT2D eigenvalue weighted by Crippen LogP contribution is -2.38. The van der Waals surface area contributed by atoms with Gasteiger partial charge in [0.15, 0.2) is 0 Å². The summed E-state index contributed by atoms with van der Waals surface area (Å²) in [6, 6.07) is 6.84. The van der Waals surface area contributed by atoms with Gasteiger partial charge in [-0.05, 0) is 26.2 Å². The molecule has 0 unspecified atom stereocenters. The van der Waals surface area contributed by atoms with E-state index in [1.54, 1.807) is 6.07 Å². The Bertz CT molecular complexity index is 702. The molecule has 1 N–H and O–H groups in total. The number of nitro groups is 1. The first-order chi connectivity index (χ1) is 10.9. The summed E-state index contributed by atoms with van der Waals surface area (Å²) in [6.07, 6.45) is 3.17. The highest BCUT2D eigenvalue weighted by molar-refractivity contribution is 7.88. The molecule has 3 rings (SSSR count). The topological polar surface area (TPSA) is 92.5 Å². The van der Waals surface area contributed by atoms with Crippen LogP contribution >= 0.6 is 0 Å². The second-order valence-electron chi connectivity index (χ2n) is 6.47. The van der Waals surface area contributed by atoms with Gasteiger partial charge in [0.05, 0.1) is 10.7 Å². The number of benzene rings is 1. The second kappa shape index (κ2) is 6.18. The van der Waals surface area contributed by atoms with Crippen LogP contribution in [0.25, 0.3) is 0 Å². The number of nitrogens with zero attached hydrogens (tertiary/aromatic N) is 2. The molecular formula is C15H21N3O4S. The van der Waals surface area contributed by atoms with Crippen LogP contribution in [0.3, 0.4) is 0 Å². The van der Waals surface area contributed by atoms with Crippen molar-refractivity contribution in [3.8, 4) is 0 Å². The summed E-state index contributed by atoms with van der Waals surface area (Å²) in [4.78, 5) is 12.8. The molecule has 8 heteroatoms. The maximum Gasteiger partial charge on any atom is 0.273 e.